The molecule has 1 aliphatic rings. The summed E-state index contributed by atoms with van der Waals surface area (Å²) in [5.74, 6) is -0.178. The number of carbonyl (C=O) groups is 2. The van der Waals surface area contributed by atoms with Crippen molar-refractivity contribution in [2.75, 3.05) is 39.9 Å². The Kier molecular flexibility index (Phi) is 6.10. The van der Waals surface area contributed by atoms with Crippen LogP contribution in [0.3, 0.4) is 0 Å². The second kappa shape index (κ2) is 8.53. The first-order chi connectivity index (χ1) is 13.4. The van der Waals surface area contributed by atoms with Gasteiger partial charge in [0, 0.05) is 38.5 Å². The molecular weight excluding hydrogens is 366 g/mol. The van der Waals surface area contributed by atoms with E-state index in [9.17, 15) is 14.7 Å². The SMILES string of the molecule is COCCN1CC(O)CN(C(=O)c2noc(C)c2Cn2cc(C)cn2)CC1=O. The van der Waals surface area contributed by atoms with E-state index in [1.165, 1.54) is 9.80 Å². The number of aromatic nitrogens is 3. The van der Waals surface area contributed by atoms with Crippen molar-refractivity contribution >= 4 is 11.8 Å². The first-order valence-electron chi connectivity index (χ1n) is 9.07. The number of carbonyl (C=O) groups excluding carboxylic acids is 2. The highest BCUT2D eigenvalue weighted by Crippen LogP contribution is 2.18. The molecule has 2 amide bonds. The first-order valence-corrected chi connectivity index (χ1v) is 9.07. The highest BCUT2D eigenvalue weighted by atomic mass is 16.5. The van der Waals surface area contributed by atoms with E-state index in [1.54, 1.807) is 24.9 Å². The quantitative estimate of drug-likeness (QED) is 0.727. The van der Waals surface area contributed by atoms with Gasteiger partial charge in [-0.15, -0.1) is 0 Å². The van der Waals surface area contributed by atoms with Crippen LogP contribution >= 0.6 is 0 Å². The predicted octanol–water partition coefficient (Wildman–Crippen LogP) is -0.172. The number of hydrogen-bond donors (Lipinski definition) is 1. The van der Waals surface area contributed by atoms with Crippen molar-refractivity contribution < 1.29 is 24.0 Å². The topological polar surface area (TPSA) is 114 Å². The zero-order chi connectivity index (χ0) is 20.3. The second-order valence-corrected chi connectivity index (χ2v) is 6.95. The van der Waals surface area contributed by atoms with Crippen molar-refractivity contribution in [1.29, 1.82) is 0 Å². The molecule has 0 saturated carbocycles. The number of β-amino-alcohol motifs (C(OH)–C–C–N with tert-alkyl or cyclic N) is 1. The van der Waals surface area contributed by atoms with E-state index < -0.39 is 12.0 Å². The smallest absolute Gasteiger partial charge is 0.276 e. The van der Waals surface area contributed by atoms with Crippen LogP contribution < -0.4 is 0 Å². The summed E-state index contributed by atoms with van der Waals surface area (Å²) in [4.78, 5) is 28.4. The highest BCUT2D eigenvalue weighted by Gasteiger charge is 2.32. The lowest BCUT2D eigenvalue weighted by Gasteiger charge is -2.21. The molecule has 10 nitrogen and oxygen atoms in total. The van der Waals surface area contributed by atoms with Gasteiger partial charge in [0.25, 0.3) is 5.91 Å². The summed E-state index contributed by atoms with van der Waals surface area (Å²) in [6.07, 6.45) is 2.73. The molecule has 0 aliphatic carbocycles. The molecule has 3 heterocycles. The van der Waals surface area contributed by atoms with E-state index in [1.807, 2.05) is 13.1 Å². The third-order valence-corrected chi connectivity index (χ3v) is 4.66. The molecule has 0 spiro atoms. The maximum atomic E-state index is 13.1. The summed E-state index contributed by atoms with van der Waals surface area (Å²) in [5, 5.41) is 18.4. The van der Waals surface area contributed by atoms with Gasteiger partial charge in [0.2, 0.25) is 5.91 Å². The second-order valence-electron chi connectivity index (χ2n) is 6.95. The van der Waals surface area contributed by atoms with Crippen molar-refractivity contribution in [3.05, 3.63) is 35.0 Å². The van der Waals surface area contributed by atoms with Gasteiger partial charge in [0.1, 0.15) is 12.3 Å². The summed E-state index contributed by atoms with van der Waals surface area (Å²) in [6, 6.07) is 0. The Hall–Kier alpha value is -2.72. The summed E-state index contributed by atoms with van der Waals surface area (Å²) in [5.41, 5.74) is 1.74. The Labute approximate surface area is 162 Å². The molecule has 1 N–H and O–H groups in total. The lowest BCUT2D eigenvalue weighted by Crippen LogP contribution is -2.40. The third-order valence-electron chi connectivity index (χ3n) is 4.66. The van der Waals surface area contributed by atoms with Crippen molar-refractivity contribution in [2.45, 2.75) is 26.5 Å². The zero-order valence-electron chi connectivity index (χ0n) is 16.3. The van der Waals surface area contributed by atoms with Gasteiger partial charge in [-0.05, 0) is 19.4 Å². The Balaban J connectivity index is 1.79. The number of amides is 2. The summed E-state index contributed by atoms with van der Waals surface area (Å²) < 4.78 is 11.9. The van der Waals surface area contributed by atoms with Crippen LogP contribution in [0.15, 0.2) is 16.9 Å². The van der Waals surface area contributed by atoms with Gasteiger partial charge in [-0.25, -0.2) is 0 Å². The molecule has 28 heavy (non-hydrogen) atoms. The number of aliphatic hydroxyl groups is 1. The lowest BCUT2D eigenvalue weighted by atomic mass is 10.1. The van der Waals surface area contributed by atoms with Crippen molar-refractivity contribution in [3.63, 3.8) is 0 Å². The first kappa shape index (κ1) is 20.0. The van der Waals surface area contributed by atoms with Crippen LogP contribution in [0.5, 0.6) is 0 Å². The van der Waals surface area contributed by atoms with E-state index in [-0.39, 0.29) is 31.2 Å². The standard InChI is InChI=1S/C18H25N5O5/c1-12-6-19-23(7-12)10-15-13(2)28-20-17(15)18(26)22-9-14(24)8-21(4-5-27-3)16(25)11-22/h6-7,14,24H,4-5,8-11H2,1-3H3. The van der Waals surface area contributed by atoms with Gasteiger partial charge in [0.15, 0.2) is 5.69 Å². The highest BCUT2D eigenvalue weighted by molar-refractivity contribution is 5.96. The molecule has 1 fully saturated rings. The Bertz CT molecular complexity index is 845. The van der Waals surface area contributed by atoms with E-state index in [0.717, 1.165) is 5.56 Å². The largest absolute Gasteiger partial charge is 0.389 e. The fourth-order valence-corrected chi connectivity index (χ4v) is 3.18. The molecule has 0 aromatic carbocycles. The molecule has 0 bridgehead atoms. The van der Waals surface area contributed by atoms with Crippen LogP contribution in [0.4, 0.5) is 0 Å². The van der Waals surface area contributed by atoms with Crippen molar-refractivity contribution in [2.24, 2.45) is 0 Å². The van der Waals surface area contributed by atoms with Gasteiger partial charge < -0.3 is 24.2 Å². The van der Waals surface area contributed by atoms with Gasteiger partial charge in [-0.2, -0.15) is 5.10 Å². The average Bonchev–Trinajstić information content (AvgIpc) is 3.19. The fourth-order valence-electron chi connectivity index (χ4n) is 3.18. The minimum absolute atomic E-state index is 0.0419. The van der Waals surface area contributed by atoms with Gasteiger partial charge >= 0.3 is 0 Å². The number of aryl methyl sites for hydroxylation is 2. The number of hydrogen-bond acceptors (Lipinski definition) is 7. The average molecular weight is 391 g/mol. The van der Waals surface area contributed by atoms with Gasteiger partial charge in [0.05, 0.1) is 25.5 Å². The third kappa shape index (κ3) is 4.39. The van der Waals surface area contributed by atoms with Crippen LogP contribution in [0.1, 0.15) is 27.4 Å². The summed E-state index contributed by atoms with van der Waals surface area (Å²) in [7, 11) is 1.55. The molecule has 0 radical (unpaired) electrons. The van der Waals surface area contributed by atoms with Crippen LogP contribution in [0.25, 0.3) is 0 Å². The summed E-state index contributed by atoms with van der Waals surface area (Å²) >= 11 is 0. The van der Waals surface area contributed by atoms with E-state index >= 15 is 0 Å². The normalized spacial score (nSPS) is 17.9. The Morgan fingerprint density at radius 3 is 2.86 bits per heavy atom. The van der Waals surface area contributed by atoms with Crippen molar-refractivity contribution in [1.82, 2.24) is 24.7 Å². The Morgan fingerprint density at radius 2 is 2.18 bits per heavy atom. The number of ether oxygens (including phenoxy) is 1. The Morgan fingerprint density at radius 1 is 1.39 bits per heavy atom. The van der Waals surface area contributed by atoms with Crippen LogP contribution in [0.2, 0.25) is 0 Å². The molecule has 10 heteroatoms. The summed E-state index contributed by atoms with van der Waals surface area (Å²) in [6.45, 7) is 4.77. The molecule has 1 unspecified atom stereocenters. The molecule has 2 aromatic heterocycles. The molecular formula is C18H25N5O5. The lowest BCUT2D eigenvalue weighted by molar-refractivity contribution is -0.131. The molecule has 152 valence electrons. The van der Waals surface area contributed by atoms with Gasteiger partial charge in [-0.1, -0.05) is 5.16 Å². The van der Waals surface area contributed by atoms with Crippen LogP contribution in [0, 0.1) is 13.8 Å². The molecule has 3 rings (SSSR count). The van der Waals surface area contributed by atoms with E-state index in [4.69, 9.17) is 9.26 Å². The number of aliphatic hydroxyl groups excluding tert-OH is 1. The molecule has 1 aliphatic heterocycles. The fraction of sp³-hybridized carbons (Fsp3) is 0.556. The minimum Gasteiger partial charge on any atom is -0.389 e. The maximum Gasteiger partial charge on any atom is 0.276 e. The zero-order valence-corrected chi connectivity index (χ0v) is 16.3. The van der Waals surface area contributed by atoms with E-state index in [0.29, 0.717) is 31.0 Å². The van der Waals surface area contributed by atoms with Crippen LogP contribution in [-0.2, 0) is 16.1 Å². The molecule has 1 saturated heterocycles. The maximum absolute atomic E-state index is 13.1. The molecule has 2 aromatic rings. The number of rotatable bonds is 6. The monoisotopic (exact) mass is 391 g/mol. The number of nitrogens with zero attached hydrogens (tertiary/aromatic N) is 5. The van der Waals surface area contributed by atoms with Gasteiger partial charge in [-0.3, -0.25) is 14.3 Å². The predicted molar refractivity (Wildman–Crippen MR) is 97.7 cm³/mol. The van der Waals surface area contributed by atoms with E-state index in [2.05, 4.69) is 10.3 Å². The molecule has 1 atom stereocenters. The van der Waals surface area contributed by atoms with Crippen molar-refractivity contribution in [3.8, 4) is 0 Å². The number of methoxy groups -OCH3 is 1. The van der Waals surface area contributed by atoms with Crippen LogP contribution in [-0.4, -0.2) is 87.7 Å². The minimum atomic E-state index is -0.850.